The Kier molecular flexibility index (Phi) is 8.66. The first kappa shape index (κ1) is 30.9. The van der Waals surface area contributed by atoms with Crippen LogP contribution in [0.5, 0.6) is 0 Å². The number of likely N-dealkylation sites (tertiary alicyclic amines) is 1. The van der Waals surface area contributed by atoms with Crippen LogP contribution in [0.3, 0.4) is 0 Å². The molecule has 0 bridgehead atoms. The Morgan fingerprint density at radius 3 is 2.00 bits per heavy atom. The molecule has 3 aliphatic rings. The Bertz CT molecular complexity index is 1400. The molecule has 0 radical (unpaired) electrons. The smallest absolute Gasteiger partial charge is 0.365 e. The molecule has 8 nitrogen and oxygen atoms in total. The highest BCUT2D eigenvalue weighted by molar-refractivity contribution is 5.84. The number of fused-ring (bicyclic) bond motifs is 1. The summed E-state index contributed by atoms with van der Waals surface area (Å²) in [4.78, 5) is 16.3. The zero-order valence-corrected chi connectivity index (χ0v) is 24.4. The molecule has 4 N–H and O–H groups in total. The van der Waals surface area contributed by atoms with Gasteiger partial charge in [0.15, 0.2) is 17.0 Å². The fourth-order valence-electron chi connectivity index (χ4n) is 6.78. The van der Waals surface area contributed by atoms with Crippen LogP contribution >= 0.6 is 0 Å². The number of nitrogens with zero attached hydrogens (tertiary/aromatic N) is 5. The van der Waals surface area contributed by atoms with Crippen LogP contribution in [-0.4, -0.2) is 55.6 Å². The van der Waals surface area contributed by atoms with Gasteiger partial charge in [-0.05, 0) is 75.1 Å². The molecule has 44 heavy (non-hydrogen) atoms. The summed E-state index contributed by atoms with van der Waals surface area (Å²) in [5, 5.41) is 7.06. The molecule has 1 aromatic carbocycles. The highest BCUT2D eigenvalue weighted by Crippen LogP contribution is 2.37. The second kappa shape index (κ2) is 12.3. The number of rotatable bonds is 7. The number of hydrogen-bond acceptors (Lipinski definition) is 7. The molecule has 0 spiro atoms. The fourth-order valence-corrected chi connectivity index (χ4v) is 6.78. The average molecular weight is 625 g/mol. The topological polar surface area (TPSA) is 96.9 Å². The second-order valence-electron chi connectivity index (χ2n) is 12.5. The lowest BCUT2D eigenvalue weighted by Crippen LogP contribution is -2.39. The molecule has 3 aromatic rings. The van der Waals surface area contributed by atoms with Crippen molar-refractivity contribution in [1.82, 2.24) is 24.4 Å². The van der Waals surface area contributed by atoms with E-state index in [0.717, 1.165) is 56.3 Å². The molecule has 6 rings (SSSR count). The van der Waals surface area contributed by atoms with Crippen LogP contribution < -0.4 is 16.4 Å². The summed E-state index contributed by atoms with van der Waals surface area (Å²) < 4.78 is 82.2. The lowest BCUT2D eigenvalue weighted by molar-refractivity contribution is -0.143. The Hall–Kier alpha value is -3.13. The van der Waals surface area contributed by atoms with Crippen molar-refractivity contribution in [2.24, 2.45) is 5.73 Å². The molecule has 1 saturated heterocycles. The quantitative estimate of drug-likeness (QED) is 0.251. The monoisotopic (exact) mass is 624 g/mol. The SMILES string of the molecule is NC1CCC(Nc2nc(NC3CCN(Cc4cc(C(F)(F)F)cc(C(F)(F)F)c4)CC3)c3ncn(C4CCCC4)c3n2)CC1. The third-order valence-corrected chi connectivity index (χ3v) is 9.23. The van der Waals surface area contributed by atoms with Gasteiger partial charge >= 0.3 is 12.4 Å². The zero-order chi connectivity index (χ0) is 31.1. The number of hydrogen-bond donors (Lipinski definition) is 3. The van der Waals surface area contributed by atoms with E-state index in [1.54, 1.807) is 0 Å². The summed E-state index contributed by atoms with van der Waals surface area (Å²) in [5.41, 5.74) is 4.99. The van der Waals surface area contributed by atoms with Gasteiger partial charge in [0.25, 0.3) is 0 Å². The normalized spacial score (nSPS) is 23.0. The van der Waals surface area contributed by atoms with Crippen molar-refractivity contribution in [2.75, 3.05) is 23.7 Å². The van der Waals surface area contributed by atoms with Gasteiger partial charge in [0.2, 0.25) is 5.95 Å². The molecule has 2 aliphatic carbocycles. The van der Waals surface area contributed by atoms with Crippen molar-refractivity contribution in [3.63, 3.8) is 0 Å². The van der Waals surface area contributed by atoms with E-state index in [9.17, 15) is 26.3 Å². The van der Waals surface area contributed by atoms with Crippen molar-refractivity contribution in [2.45, 2.75) is 107 Å². The molecule has 2 aromatic heterocycles. The molecular weight excluding hydrogens is 586 g/mol. The standard InChI is InChI=1S/C30H38F6N8/c31-29(32,33)19-13-18(14-20(15-19)30(34,35)36)16-43-11-9-23(10-12-43)39-26-25-27(44(17-38-25)24-3-1-2-4-24)42-28(41-26)40-22-7-5-21(37)6-8-22/h13-15,17,21-24H,1-12,16,37H2,(H2,39,40,41,42). The van der Waals surface area contributed by atoms with Crippen molar-refractivity contribution in [3.05, 3.63) is 41.2 Å². The first-order chi connectivity index (χ1) is 20.9. The highest BCUT2D eigenvalue weighted by atomic mass is 19.4. The largest absolute Gasteiger partial charge is 0.416 e. The molecule has 1 aliphatic heterocycles. The maximum Gasteiger partial charge on any atom is 0.416 e. The van der Waals surface area contributed by atoms with Crippen molar-refractivity contribution < 1.29 is 26.3 Å². The molecule has 3 fully saturated rings. The van der Waals surface area contributed by atoms with Gasteiger partial charge in [0.1, 0.15) is 0 Å². The third kappa shape index (κ3) is 7.06. The van der Waals surface area contributed by atoms with Crippen LogP contribution in [0.1, 0.15) is 86.9 Å². The highest BCUT2D eigenvalue weighted by Gasteiger charge is 2.37. The van der Waals surface area contributed by atoms with Gasteiger partial charge in [-0.3, -0.25) is 4.90 Å². The Labute approximate surface area is 251 Å². The number of aromatic nitrogens is 4. The lowest BCUT2D eigenvalue weighted by Gasteiger charge is -2.33. The van der Waals surface area contributed by atoms with Crippen molar-refractivity contribution >= 4 is 22.9 Å². The van der Waals surface area contributed by atoms with Gasteiger partial charge in [-0.15, -0.1) is 0 Å². The minimum absolute atomic E-state index is 0.00236. The van der Waals surface area contributed by atoms with Gasteiger partial charge < -0.3 is 20.9 Å². The minimum Gasteiger partial charge on any atom is -0.365 e. The van der Waals surface area contributed by atoms with E-state index in [0.29, 0.717) is 49.3 Å². The van der Waals surface area contributed by atoms with Crippen molar-refractivity contribution in [1.29, 1.82) is 0 Å². The summed E-state index contributed by atoms with van der Waals surface area (Å²) in [6.07, 6.45) is 1.69. The molecule has 0 atom stereocenters. The molecule has 0 amide bonds. The van der Waals surface area contributed by atoms with E-state index in [-0.39, 0.29) is 36.3 Å². The first-order valence-corrected chi connectivity index (χ1v) is 15.5. The van der Waals surface area contributed by atoms with E-state index in [4.69, 9.17) is 20.7 Å². The maximum atomic E-state index is 13.3. The van der Waals surface area contributed by atoms with E-state index < -0.39 is 23.5 Å². The first-order valence-electron chi connectivity index (χ1n) is 15.5. The second-order valence-corrected chi connectivity index (χ2v) is 12.5. The van der Waals surface area contributed by atoms with Crippen LogP contribution in [0.25, 0.3) is 11.2 Å². The molecule has 0 unspecified atom stereocenters. The Morgan fingerprint density at radius 2 is 1.39 bits per heavy atom. The molecule has 14 heteroatoms. The number of nitrogens with two attached hydrogens (primary N) is 1. The number of imidazole rings is 1. The van der Waals surface area contributed by atoms with Gasteiger partial charge in [-0.1, -0.05) is 12.8 Å². The average Bonchev–Trinajstić information content (AvgIpc) is 3.65. The number of alkyl halides is 6. The fraction of sp³-hybridized carbons (Fsp3) is 0.633. The number of halogens is 6. The van der Waals surface area contributed by atoms with Crippen molar-refractivity contribution in [3.8, 4) is 0 Å². The molecule has 2 saturated carbocycles. The molecule has 240 valence electrons. The summed E-state index contributed by atoms with van der Waals surface area (Å²) in [6, 6.07) is 2.61. The molecule has 3 heterocycles. The van der Waals surface area contributed by atoms with Crippen LogP contribution in [0.15, 0.2) is 24.5 Å². The lowest BCUT2D eigenvalue weighted by atomic mass is 9.92. The predicted octanol–water partition coefficient (Wildman–Crippen LogP) is 6.74. The van der Waals surface area contributed by atoms with E-state index in [1.807, 2.05) is 11.2 Å². The van der Waals surface area contributed by atoms with Gasteiger partial charge in [-0.2, -0.15) is 36.3 Å². The summed E-state index contributed by atoms with van der Waals surface area (Å²) >= 11 is 0. The number of anilines is 2. The number of nitrogens with one attached hydrogen (secondary N) is 2. The van der Waals surface area contributed by atoms with Crippen LogP contribution in [0, 0.1) is 0 Å². The van der Waals surface area contributed by atoms with Crippen LogP contribution in [0.2, 0.25) is 0 Å². The summed E-state index contributed by atoms with van der Waals surface area (Å²) in [7, 11) is 0. The number of piperidine rings is 1. The predicted molar refractivity (Wildman–Crippen MR) is 155 cm³/mol. The molecular formula is C30H38F6N8. The minimum atomic E-state index is -4.86. The van der Waals surface area contributed by atoms with E-state index in [2.05, 4.69) is 15.2 Å². The van der Waals surface area contributed by atoms with Gasteiger partial charge in [0.05, 0.1) is 17.5 Å². The van der Waals surface area contributed by atoms with Crippen LogP contribution in [-0.2, 0) is 18.9 Å². The summed E-state index contributed by atoms with van der Waals surface area (Å²) in [6.45, 7) is 1.02. The van der Waals surface area contributed by atoms with Gasteiger partial charge in [0, 0.05) is 43.8 Å². The maximum absolute atomic E-state index is 13.3. The van der Waals surface area contributed by atoms with Gasteiger partial charge in [-0.25, -0.2) is 4.98 Å². The van der Waals surface area contributed by atoms with Crippen LogP contribution in [0.4, 0.5) is 38.1 Å². The Balaban J connectivity index is 1.16. The summed E-state index contributed by atoms with van der Waals surface area (Å²) in [5.74, 6) is 1.18. The number of benzene rings is 1. The third-order valence-electron chi connectivity index (χ3n) is 9.23. The van der Waals surface area contributed by atoms with E-state index >= 15 is 0 Å². The zero-order valence-electron chi connectivity index (χ0n) is 24.4. The Morgan fingerprint density at radius 1 is 0.773 bits per heavy atom. The van der Waals surface area contributed by atoms with E-state index in [1.165, 1.54) is 12.8 Å².